The molecule has 0 aliphatic heterocycles. The normalized spacial score (nSPS) is 27.7. The molecule has 0 radical (unpaired) electrons. The Kier molecular flexibility index (Phi) is 3.51. The topological polar surface area (TPSA) is 43.4 Å². The molecular formula is C14H17FO3S. The predicted molar refractivity (Wildman–Crippen MR) is 70.6 cm³/mol. The van der Waals surface area contributed by atoms with E-state index in [-0.39, 0.29) is 6.42 Å². The van der Waals surface area contributed by atoms with Gasteiger partial charge in [0.15, 0.2) is 0 Å². The van der Waals surface area contributed by atoms with Crippen molar-refractivity contribution in [2.24, 2.45) is 5.92 Å². The number of alkyl halides is 1. The third-order valence-corrected chi connectivity index (χ3v) is 4.57. The standard InChI is InChI=1S/C14H17FO3S/c1-13(2,3)18-12(16)11-9-14(11,15)19(17)10-7-5-4-6-8-10/h4-8,11H,9H2,1-3H3/t11-,14+,19?/m0/s1. The largest absolute Gasteiger partial charge is 0.460 e. The molecule has 2 rings (SSSR count). The smallest absolute Gasteiger partial charge is 0.313 e. The van der Waals surface area contributed by atoms with Crippen LogP contribution in [0.3, 0.4) is 0 Å². The summed E-state index contributed by atoms with van der Waals surface area (Å²) in [4.78, 5) is 12.2. The lowest BCUT2D eigenvalue weighted by atomic mass is 10.2. The van der Waals surface area contributed by atoms with E-state index in [4.69, 9.17) is 4.74 Å². The molecule has 5 heteroatoms. The van der Waals surface area contributed by atoms with Gasteiger partial charge in [-0.05, 0) is 32.9 Å². The first-order valence-electron chi connectivity index (χ1n) is 6.13. The maximum absolute atomic E-state index is 14.5. The van der Waals surface area contributed by atoms with Crippen LogP contribution < -0.4 is 0 Å². The first kappa shape index (κ1) is 14.2. The van der Waals surface area contributed by atoms with Crippen LogP contribution in [-0.2, 0) is 20.3 Å². The van der Waals surface area contributed by atoms with E-state index in [1.165, 1.54) is 0 Å². The SMILES string of the molecule is CC(C)(C)OC(=O)[C@@H]1C[C@@]1(F)S(=O)c1ccccc1. The molecule has 0 heterocycles. The van der Waals surface area contributed by atoms with Crippen molar-refractivity contribution in [3.8, 4) is 0 Å². The fourth-order valence-electron chi connectivity index (χ4n) is 1.80. The van der Waals surface area contributed by atoms with Gasteiger partial charge in [-0.3, -0.25) is 9.00 Å². The van der Waals surface area contributed by atoms with Gasteiger partial charge >= 0.3 is 5.97 Å². The molecule has 0 bridgehead atoms. The number of esters is 1. The monoisotopic (exact) mass is 284 g/mol. The van der Waals surface area contributed by atoms with Crippen LogP contribution >= 0.6 is 0 Å². The highest BCUT2D eigenvalue weighted by molar-refractivity contribution is 7.86. The van der Waals surface area contributed by atoms with Gasteiger partial charge in [-0.1, -0.05) is 18.2 Å². The second-order valence-electron chi connectivity index (χ2n) is 5.66. The van der Waals surface area contributed by atoms with Crippen molar-refractivity contribution in [3.05, 3.63) is 30.3 Å². The minimum atomic E-state index is -1.98. The highest BCUT2D eigenvalue weighted by atomic mass is 32.2. The first-order valence-corrected chi connectivity index (χ1v) is 7.28. The zero-order valence-electron chi connectivity index (χ0n) is 11.2. The van der Waals surface area contributed by atoms with Crippen molar-refractivity contribution in [1.29, 1.82) is 0 Å². The van der Waals surface area contributed by atoms with Gasteiger partial charge in [-0.25, -0.2) is 4.39 Å². The molecule has 19 heavy (non-hydrogen) atoms. The van der Waals surface area contributed by atoms with E-state index in [0.717, 1.165) is 0 Å². The summed E-state index contributed by atoms with van der Waals surface area (Å²) in [5.41, 5.74) is -0.658. The number of carbonyl (C=O) groups excluding carboxylic acids is 1. The molecule has 104 valence electrons. The molecule has 0 saturated heterocycles. The van der Waals surface area contributed by atoms with Crippen molar-refractivity contribution in [2.45, 2.75) is 42.7 Å². The van der Waals surface area contributed by atoms with Gasteiger partial charge in [-0.15, -0.1) is 0 Å². The summed E-state index contributed by atoms with van der Waals surface area (Å²) in [6.07, 6.45) is -0.0383. The molecule has 1 fully saturated rings. The van der Waals surface area contributed by atoms with E-state index in [2.05, 4.69) is 0 Å². The van der Waals surface area contributed by atoms with Gasteiger partial charge in [-0.2, -0.15) is 0 Å². The van der Waals surface area contributed by atoms with Crippen LogP contribution in [0.25, 0.3) is 0 Å². The summed E-state index contributed by atoms with van der Waals surface area (Å²) >= 11 is 0. The number of rotatable bonds is 3. The summed E-state index contributed by atoms with van der Waals surface area (Å²) in [6.45, 7) is 5.17. The van der Waals surface area contributed by atoms with Gasteiger partial charge in [0.2, 0.25) is 5.00 Å². The molecule has 1 unspecified atom stereocenters. The summed E-state index contributed by atoms with van der Waals surface area (Å²) in [6, 6.07) is 8.36. The van der Waals surface area contributed by atoms with Gasteiger partial charge < -0.3 is 4.74 Å². The number of halogens is 1. The van der Waals surface area contributed by atoms with E-state index in [0.29, 0.717) is 4.90 Å². The zero-order chi connectivity index (χ0) is 14.3. The van der Waals surface area contributed by atoms with Crippen LogP contribution in [-0.4, -0.2) is 20.8 Å². The van der Waals surface area contributed by atoms with E-state index < -0.39 is 33.3 Å². The number of hydrogen-bond donors (Lipinski definition) is 0. The van der Waals surface area contributed by atoms with E-state index in [1.807, 2.05) is 0 Å². The van der Waals surface area contributed by atoms with Gasteiger partial charge in [0.25, 0.3) is 0 Å². The second kappa shape index (κ2) is 4.71. The minimum Gasteiger partial charge on any atom is -0.460 e. The number of carbonyl (C=O) groups is 1. The molecule has 3 atom stereocenters. The number of ether oxygens (including phenoxy) is 1. The summed E-state index contributed by atoms with van der Waals surface area (Å²) < 4.78 is 31.7. The number of hydrogen-bond acceptors (Lipinski definition) is 3. The van der Waals surface area contributed by atoms with Crippen molar-refractivity contribution in [2.75, 3.05) is 0 Å². The van der Waals surface area contributed by atoms with E-state index in [1.54, 1.807) is 51.1 Å². The average molecular weight is 284 g/mol. The molecule has 1 aliphatic rings. The van der Waals surface area contributed by atoms with Crippen LogP contribution in [0, 0.1) is 5.92 Å². The van der Waals surface area contributed by atoms with Crippen LogP contribution in [0.5, 0.6) is 0 Å². The zero-order valence-corrected chi connectivity index (χ0v) is 12.0. The molecule has 1 aliphatic carbocycles. The van der Waals surface area contributed by atoms with Crippen LogP contribution in [0.1, 0.15) is 27.2 Å². The molecular weight excluding hydrogens is 267 g/mol. The first-order chi connectivity index (χ1) is 8.74. The van der Waals surface area contributed by atoms with Crippen molar-refractivity contribution < 1.29 is 18.1 Å². The Morgan fingerprint density at radius 2 is 1.95 bits per heavy atom. The van der Waals surface area contributed by atoms with E-state index >= 15 is 0 Å². The van der Waals surface area contributed by atoms with Crippen molar-refractivity contribution in [1.82, 2.24) is 0 Å². The van der Waals surface area contributed by atoms with Crippen LogP contribution in [0.15, 0.2) is 35.2 Å². The van der Waals surface area contributed by atoms with Crippen LogP contribution in [0.2, 0.25) is 0 Å². The molecule has 0 amide bonds. The van der Waals surface area contributed by atoms with Crippen molar-refractivity contribution in [3.63, 3.8) is 0 Å². The average Bonchev–Trinajstić information content (AvgIpc) is 3.01. The summed E-state index contributed by atoms with van der Waals surface area (Å²) in [5, 5.41) is -1.98. The lowest BCUT2D eigenvalue weighted by molar-refractivity contribution is -0.157. The quantitative estimate of drug-likeness (QED) is 0.802. The molecule has 1 saturated carbocycles. The van der Waals surface area contributed by atoms with Gasteiger partial charge in [0.05, 0.1) is 10.8 Å². The lowest BCUT2D eigenvalue weighted by Crippen LogP contribution is -2.28. The Morgan fingerprint density at radius 1 is 1.37 bits per heavy atom. The third kappa shape index (κ3) is 3.03. The van der Waals surface area contributed by atoms with Crippen molar-refractivity contribution >= 4 is 16.8 Å². The maximum atomic E-state index is 14.5. The molecule has 0 aromatic heterocycles. The fourth-order valence-corrected chi connectivity index (χ4v) is 3.27. The second-order valence-corrected chi connectivity index (χ2v) is 7.35. The summed E-state index contributed by atoms with van der Waals surface area (Å²) in [7, 11) is -1.84. The van der Waals surface area contributed by atoms with Gasteiger partial charge in [0, 0.05) is 11.3 Å². The Bertz CT molecular complexity index is 509. The Balaban J connectivity index is 2.08. The lowest BCUT2D eigenvalue weighted by Gasteiger charge is -2.19. The third-order valence-electron chi connectivity index (χ3n) is 2.80. The molecule has 0 N–H and O–H groups in total. The fraction of sp³-hybridized carbons (Fsp3) is 0.500. The molecule has 0 spiro atoms. The summed E-state index contributed by atoms with van der Waals surface area (Å²) in [5.74, 6) is -1.54. The molecule has 1 aromatic rings. The highest BCUT2D eigenvalue weighted by Crippen LogP contribution is 2.52. The maximum Gasteiger partial charge on any atom is 0.313 e. The molecule has 3 nitrogen and oxygen atoms in total. The number of benzene rings is 1. The Morgan fingerprint density at radius 3 is 2.47 bits per heavy atom. The van der Waals surface area contributed by atoms with Crippen LogP contribution in [0.4, 0.5) is 4.39 Å². The van der Waals surface area contributed by atoms with Gasteiger partial charge in [0.1, 0.15) is 11.5 Å². The Hall–Kier alpha value is -1.23. The Labute approximate surface area is 114 Å². The minimum absolute atomic E-state index is 0.0383. The molecule has 1 aromatic carbocycles. The highest BCUT2D eigenvalue weighted by Gasteiger charge is 2.66. The predicted octanol–water partition coefficient (Wildman–Crippen LogP) is 2.82. The van der Waals surface area contributed by atoms with E-state index in [9.17, 15) is 13.4 Å².